The van der Waals surface area contributed by atoms with E-state index in [1.165, 1.54) is 0 Å². The summed E-state index contributed by atoms with van der Waals surface area (Å²) in [6.45, 7) is 8.00. The smallest absolute Gasteiger partial charge is 0.335 e. The van der Waals surface area contributed by atoms with Crippen molar-refractivity contribution in [3.05, 3.63) is 37.1 Å². The Labute approximate surface area is 93.0 Å². The van der Waals surface area contributed by atoms with E-state index in [4.69, 9.17) is 0 Å². The first-order chi connectivity index (χ1) is 5.33. The van der Waals surface area contributed by atoms with Crippen molar-refractivity contribution in [2.24, 2.45) is 0 Å². The van der Waals surface area contributed by atoms with Crippen LogP contribution in [0.5, 0.6) is 0 Å². The van der Waals surface area contributed by atoms with E-state index in [9.17, 15) is 0 Å². The number of allylic oxidation sites excluding steroid dienone is 4. The van der Waals surface area contributed by atoms with E-state index < -0.39 is 0 Å². The van der Waals surface area contributed by atoms with E-state index >= 15 is 0 Å². The second kappa shape index (κ2) is 22.5. The van der Waals surface area contributed by atoms with Crippen LogP contribution < -0.4 is 0 Å². The van der Waals surface area contributed by atoms with Crippen molar-refractivity contribution in [3.63, 3.8) is 0 Å². The van der Waals surface area contributed by atoms with E-state index in [0.717, 1.165) is 6.42 Å². The van der Waals surface area contributed by atoms with Gasteiger partial charge in [0.05, 0.1) is 0 Å². The molecule has 0 saturated carbocycles. The third-order valence-corrected chi connectivity index (χ3v) is 0.586. The van der Waals surface area contributed by atoms with Crippen molar-refractivity contribution in [2.45, 2.75) is 34.1 Å². The average molecular weight is 199 g/mol. The summed E-state index contributed by atoms with van der Waals surface area (Å²) in [5.74, 6) is 0. The second-order valence-electron chi connectivity index (χ2n) is 2.16. The molecule has 0 aromatic rings. The van der Waals surface area contributed by atoms with E-state index in [1.54, 1.807) is 0 Å². The van der Waals surface area contributed by atoms with Crippen LogP contribution in [0.3, 0.4) is 0 Å². The van der Waals surface area contributed by atoms with Crippen LogP contribution in [0.15, 0.2) is 18.2 Å². The van der Waals surface area contributed by atoms with Crippen molar-refractivity contribution < 1.29 is 21.7 Å². The van der Waals surface area contributed by atoms with Gasteiger partial charge >= 0.3 is 21.7 Å². The fourth-order valence-electron chi connectivity index (χ4n) is 0.340. The fourth-order valence-corrected chi connectivity index (χ4v) is 0.340. The Hall–Kier alpha value is 0.194. The van der Waals surface area contributed by atoms with E-state index in [2.05, 4.69) is 12.2 Å². The maximum absolute atomic E-state index is 2.99. The molecule has 1 heteroatoms. The first-order valence-corrected chi connectivity index (χ1v) is 4.03. The van der Waals surface area contributed by atoms with Gasteiger partial charge in [0.15, 0.2) is 0 Å². The molecule has 1 radical (unpaired) electrons. The van der Waals surface area contributed by atoms with Gasteiger partial charge in [0, 0.05) is 0 Å². The zero-order chi connectivity index (χ0) is 8.95. The zero-order valence-electron chi connectivity index (χ0n) is 8.59. The Morgan fingerprint density at radius 1 is 1.08 bits per heavy atom. The third kappa shape index (κ3) is 31.9. The molecule has 0 nitrogen and oxygen atoms in total. The summed E-state index contributed by atoms with van der Waals surface area (Å²) < 4.78 is 0. The standard InChI is InChI=1S/C5H5.2C3H7.Ti/c1-2-4-5-3-1;2*1-3-2;/h1-3H,4H2;2*3H,1-2H3;/q3*-1;+3. The van der Waals surface area contributed by atoms with Crippen LogP contribution in [0, 0.1) is 18.9 Å². The molecule has 0 fully saturated rings. The average Bonchev–Trinajstić information content (AvgIpc) is 2.44. The molecule has 0 saturated heterocycles. The first-order valence-electron chi connectivity index (χ1n) is 4.03. The number of hydrogen-bond donors (Lipinski definition) is 0. The molecule has 1 aliphatic rings. The Morgan fingerprint density at radius 2 is 1.50 bits per heavy atom. The third-order valence-electron chi connectivity index (χ3n) is 0.586. The Balaban J connectivity index is -0.000000104. The van der Waals surface area contributed by atoms with Crippen molar-refractivity contribution >= 4 is 0 Å². The summed E-state index contributed by atoms with van der Waals surface area (Å²) in [6, 6.07) is 0. The van der Waals surface area contributed by atoms with Crippen LogP contribution in [0.2, 0.25) is 0 Å². The monoisotopic (exact) mass is 199 g/mol. The SMILES string of the molecule is C[CH-]C.C[CH-]C.[C-]1=CC=CC1.[Ti+3]. The maximum Gasteiger partial charge on any atom is 3.00 e. The van der Waals surface area contributed by atoms with Gasteiger partial charge < -0.3 is 12.8 Å². The molecule has 0 unspecified atom stereocenters. The van der Waals surface area contributed by atoms with E-state index in [-0.39, 0.29) is 21.7 Å². The quantitative estimate of drug-likeness (QED) is 0.411. The van der Waals surface area contributed by atoms with Crippen LogP contribution in [0.25, 0.3) is 0 Å². The van der Waals surface area contributed by atoms with Crippen LogP contribution in [0.1, 0.15) is 34.1 Å². The second-order valence-corrected chi connectivity index (χ2v) is 2.16. The largest absolute Gasteiger partial charge is 3.00 e. The van der Waals surface area contributed by atoms with Gasteiger partial charge in [-0.15, -0.1) is 6.42 Å². The molecule has 1 aliphatic carbocycles. The van der Waals surface area contributed by atoms with Gasteiger partial charge in [-0.05, 0) is 0 Å². The van der Waals surface area contributed by atoms with Crippen molar-refractivity contribution in [3.8, 4) is 0 Å². The minimum absolute atomic E-state index is 0. The Kier molecular flexibility index (Phi) is 33.9. The fraction of sp³-hybridized carbons (Fsp3) is 0.455. The van der Waals surface area contributed by atoms with Gasteiger partial charge in [0.2, 0.25) is 0 Å². The summed E-state index contributed by atoms with van der Waals surface area (Å²) in [4.78, 5) is 0. The molecular formula is C11H19Ti. The van der Waals surface area contributed by atoms with Gasteiger partial charge in [-0.25, -0.2) is 12.2 Å². The van der Waals surface area contributed by atoms with Crippen LogP contribution in [-0.2, 0) is 21.7 Å². The van der Waals surface area contributed by atoms with Gasteiger partial charge in [-0.1, -0.05) is 0 Å². The summed E-state index contributed by atoms with van der Waals surface area (Å²) in [5.41, 5.74) is 0. The minimum Gasteiger partial charge on any atom is -0.335 e. The molecular weight excluding hydrogens is 180 g/mol. The van der Waals surface area contributed by atoms with Gasteiger partial charge in [0.25, 0.3) is 0 Å². The summed E-state index contributed by atoms with van der Waals surface area (Å²) >= 11 is 0. The number of rotatable bonds is 0. The molecule has 0 aromatic carbocycles. The van der Waals surface area contributed by atoms with Crippen LogP contribution >= 0.6 is 0 Å². The van der Waals surface area contributed by atoms with E-state index in [1.807, 2.05) is 52.7 Å². The van der Waals surface area contributed by atoms with Crippen LogP contribution in [0.4, 0.5) is 0 Å². The number of hydrogen-bond acceptors (Lipinski definition) is 0. The Morgan fingerprint density at radius 3 is 1.58 bits per heavy atom. The molecule has 0 bridgehead atoms. The minimum atomic E-state index is 0. The zero-order valence-corrected chi connectivity index (χ0v) is 10.2. The molecule has 0 spiro atoms. The van der Waals surface area contributed by atoms with Crippen LogP contribution in [-0.4, -0.2) is 0 Å². The molecule has 0 N–H and O–H groups in total. The van der Waals surface area contributed by atoms with E-state index in [0.29, 0.717) is 0 Å². The Bertz CT molecular complexity index is 81.2. The first kappa shape index (κ1) is 18.1. The van der Waals surface area contributed by atoms with Gasteiger partial charge in [-0.2, -0.15) is 33.8 Å². The molecule has 1 rings (SSSR count). The van der Waals surface area contributed by atoms with Gasteiger partial charge in [-0.3, -0.25) is 6.08 Å². The molecule has 0 aliphatic heterocycles. The molecule has 0 aromatic heterocycles. The molecule has 0 amide bonds. The molecule has 0 atom stereocenters. The van der Waals surface area contributed by atoms with Crippen molar-refractivity contribution in [2.75, 3.05) is 0 Å². The predicted molar refractivity (Wildman–Crippen MR) is 52.9 cm³/mol. The molecule has 0 heterocycles. The predicted octanol–water partition coefficient (Wildman–Crippen LogP) is 3.76. The molecule has 67 valence electrons. The summed E-state index contributed by atoms with van der Waals surface area (Å²) in [5, 5.41) is 0. The summed E-state index contributed by atoms with van der Waals surface area (Å²) in [7, 11) is 0. The summed E-state index contributed by atoms with van der Waals surface area (Å²) in [6.07, 6.45) is 14.0. The van der Waals surface area contributed by atoms with Crippen molar-refractivity contribution in [1.82, 2.24) is 0 Å². The van der Waals surface area contributed by atoms with Gasteiger partial charge in [0.1, 0.15) is 0 Å². The molecule has 12 heavy (non-hydrogen) atoms. The topological polar surface area (TPSA) is 0 Å². The van der Waals surface area contributed by atoms with Crippen molar-refractivity contribution in [1.29, 1.82) is 0 Å². The normalized spacial score (nSPS) is 10.3. The maximum atomic E-state index is 2.99.